The molecule has 5 heteroatoms. The summed E-state index contributed by atoms with van der Waals surface area (Å²) in [6.45, 7) is 0. The molecule has 2 aromatic rings. The highest BCUT2D eigenvalue weighted by molar-refractivity contribution is 6.28. The number of ketones is 1. The lowest BCUT2D eigenvalue weighted by Gasteiger charge is -2.05. The van der Waals surface area contributed by atoms with Gasteiger partial charge in [0, 0.05) is 11.1 Å². The second-order valence-electron chi connectivity index (χ2n) is 4.77. The van der Waals surface area contributed by atoms with Gasteiger partial charge in [-0.2, -0.15) is 0 Å². The first-order valence-corrected chi connectivity index (χ1v) is 6.58. The van der Waals surface area contributed by atoms with Crippen molar-refractivity contribution in [3.05, 3.63) is 58.7 Å². The Labute approximate surface area is 126 Å². The van der Waals surface area contributed by atoms with Crippen molar-refractivity contribution in [1.82, 2.24) is 0 Å². The summed E-state index contributed by atoms with van der Waals surface area (Å²) < 4.78 is 9.45. The third kappa shape index (κ3) is 1.83. The fourth-order valence-electron chi connectivity index (χ4n) is 2.73. The van der Waals surface area contributed by atoms with Crippen molar-refractivity contribution in [3.63, 3.8) is 0 Å². The molecule has 2 aromatic carbocycles. The van der Waals surface area contributed by atoms with E-state index in [1.165, 1.54) is 26.4 Å². The maximum atomic E-state index is 12.8. The molecule has 0 aliphatic heterocycles. The van der Waals surface area contributed by atoms with E-state index >= 15 is 0 Å². The molecule has 0 bridgehead atoms. The summed E-state index contributed by atoms with van der Waals surface area (Å²) >= 11 is 0. The Morgan fingerprint density at radius 1 is 0.773 bits per heavy atom. The first-order valence-electron chi connectivity index (χ1n) is 6.58. The van der Waals surface area contributed by atoms with Crippen LogP contribution >= 0.6 is 0 Å². The van der Waals surface area contributed by atoms with Gasteiger partial charge in [0.05, 0.1) is 25.3 Å². The van der Waals surface area contributed by atoms with Crippen LogP contribution < -0.4 is 0 Å². The molecule has 22 heavy (non-hydrogen) atoms. The molecule has 0 unspecified atom stereocenters. The fourth-order valence-corrected chi connectivity index (χ4v) is 2.73. The zero-order valence-corrected chi connectivity index (χ0v) is 12.0. The van der Waals surface area contributed by atoms with E-state index in [4.69, 9.17) is 9.47 Å². The highest BCUT2D eigenvalue weighted by Gasteiger charge is 2.34. The van der Waals surface area contributed by atoms with Gasteiger partial charge in [-0.3, -0.25) is 4.79 Å². The van der Waals surface area contributed by atoms with Crippen LogP contribution in [0, 0.1) is 0 Å². The number of carbonyl (C=O) groups excluding carboxylic acids is 3. The summed E-state index contributed by atoms with van der Waals surface area (Å²) in [6.07, 6.45) is 0. The number of rotatable bonds is 2. The fraction of sp³-hybridized carbons (Fsp3) is 0.118. The Bertz CT molecular complexity index is 752. The average Bonchev–Trinajstić information content (AvgIpc) is 2.86. The molecule has 0 saturated heterocycles. The number of benzene rings is 2. The molecule has 0 spiro atoms. The van der Waals surface area contributed by atoms with E-state index in [0.717, 1.165) is 0 Å². The Kier molecular flexibility index (Phi) is 3.25. The number of hydrogen-bond donors (Lipinski definition) is 0. The highest BCUT2D eigenvalue weighted by atomic mass is 16.5. The van der Waals surface area contributed by atoms with Crippen LogP contribution in [0.5, 0.6) is 0 Å². The van der Waals surface area contributed by atoms with Crippen molar-refractivity contribution in [2.24, 2.45) is 0 Å². The second kappa shape index (κ2) is 5.11. The minimum absolute atomic E-state index is 0.192. The molecular formula is C17H12O5. The Morgan fingerprint density at radius 2 is 1.18 bits per heavy atom. The summed E-state index contributed by atoms with van der Waals surface area (Å²) in [7, 11) is 2.52. The monoisotopic (exact) mass is 296 g/mol. The van der Waals surface area contributed by atoms with Crippen molar-refractivity contribution in [1.29, 1.82) is 0 Å². The van der Waals surface area contributed by atoms with E-state index in [0.29, 0.717) is 11.1 Å². The minimum atomic E-state index is -0.586. The Morgan fingerprint density at radius 3 is 1.55 bits per heavy atom. The summed E-state index contributed by atoms with van der Waals surface area (Å²) in [5.74, 6) is -1.54. The van der Waals surface area contributed by atoms with Crippen LogP contribution in [0.25, 0.3) is 11.1 Å². The largest absolute Gasteiger partial charge is 0.465 e. The van der Waals surface area contributed by atoms with E-state index in [-0.39, 0.29) is 28.0 Å². The van der Waals surface area contributed by atoms with Crippen LogP contribution in [0.15, 0.2) is 36.4 Å². The van der Waals surface area contributed by atoms with Crippen LogP contribution in [0.1, 0.15) is 36.6 Å². The zero-order chi connectivity index (χ0) is 15.9. The quantitative estimate of drug-likeness (QED) is 0.679. The predicted molar refractivity (Wildman–Crippen MR) is 78.0 cm³/mol. The molecule has 0 amide bonds. The van der Waals surface area contributed by atoms with Crippen molar-refractivity contribution in [2.45, 2.75) is 0 Å². The number of methoxy groups -OCH3 is 2. The van der Waals surface area contributed by atoms with Crippen molar-refractivity contribution < 1.29 is 23.9 Å². The first kappa shape index (κ1) is 14.0. The molecule has 0 N–H and O–H groups in total. The van der Waals surface area contributed by atoms with Gasteiger partial charge in [-0.15, -0.1) is 0 Å². The topological polar surface area (TPSA) is 69.7 Å². The Hall–Kier alpha value is -2.95. The van der Waals surface area contributed by atoms with E-state index < -0.39 is 11.9 Å². The van der Waals surface area contributed by atoms with Gasteiger partial charge in [-0.05, 0) is 23.3 Å². The van der Waals surface area contributed by atoms with Crippen LogP contribution in [-0.4, -0.2) is 31.9 Å². The summed E-state index contributed by atoms with van der Waals surface area (Å²) in [4.78, 5) is 36.5. The standard InChI is InChI=1S/C17H12O5/c1-21-16(19)11-7-3-5-9-10-6-4-8-12(17(20)22-2)14(10)15(18)13(9)11/h3-8H,1-2H3. The van der Waals surface area contributed by atoms with E-state index in [2.05, 4.69) is 0 Å². The van der Waals surface area contributed by atoms with E-state index in [1.54, 1.807) is 24.3 Å². The SMILES string of the molecule is COC(=O)c1cccc2c1C(=O)c1c(C(=O)OC)cccc1-2. The third-order valence-corrected chi connectivity index (χ3v) is 3.68. The molecule has 0 aromatic heterocycles. The van der Waals surface area contributed by atoms with Gasteiger partial charge in [0.15, 0.2) is 5.78 Å². The molecule has 0 radical (unpaired) electrons. The number of esters is 2. The number of ether oxygens (including phenoxy) is 2. The summed E-state index contributed by atoms with van der Waals surface area (Å²) in [5, 5.41) is 0. The molecular weight excluding hydrogens is 284 g/mol. The normalized spacial score (nSPS) is 11.6. The van der Waals surface area contributed by atoms with Gasteiger partial charge >= 0.3 is 11.9 Å². The van der Waals surface area contributed by atoms with Gasteiger partial charge in [0.2, 0.25) is 0 Å². The maximum Gasteiger partial charge on any atom is 0.338 e. The lowest BCUT2D eigenvalue weighted by Crippen LogP contribution is -2.12. The predicted octanol–water partition coefficient (Wildman–Crippen LogP) is 2.47. The lowest BCUT2D eigenvalue weighted by atomic mass is 10.0. The molecule has 0 atom stereocenters. The maximum absolute atomic E-state index is 12.8. The van der Waals surface area contributed by atoms with Gasteiger partial charge in [-0.25, -0.2) is 9.59 Å². The molecule has 110 valence electrons. The molecule has 0 fully saturated rings. The zero-order valence-electron chi connectivity index (χ0n) is 12.0. The van der Waals surface area contributed by atoms with Crippen molar-refractivity contribution in [3.8, 4) is 11.1 Å². The van der Waals surface area contributed by atoms with Crippen molar-refractivity contribution >= 4 is 17.7 Å². The molecule has 1 aliphatic carbocycles. The highest BCUT2D eigenvalue weighted by Crippen LogP contribution is 2.40. The molecule has 5 nitrogen and oxygen atoms in total. The van der Waals surface area contributed by atoms with E-state index in [9.17, 15) is 14.4 Å². The molecule has 1 aliphatic rings. The number of hydrogen-bond acceptors (Lipinski definition) is 5. The van der Waals surface area contributed by atoms with Gasteiger partial charge in [-0.1, -0.05) is 24.3 Å². The van der Waals surface area contributed by atoms with Crippen LogP contribution in [0.2, 0.25) is 0 Å². The smallest absolute Gasteiger partial charge is 0.338 e. The number of fused-ring (bicyclic) bond motifs is 3. The molecule has 0 saturated carbocycles. The van der Waals surface area contributed by atoms with Gasteiger partial charge in [0.1, 0.15) is 0 Å². The van der Waals surface area contributed by atoms with Crippen LogP contribution in [0.4, 0.5) is 0 Å². The lowest BCUT2D eigenvalue weighted by molar-refractivity contribution is 0.0592. The van der Waals surface area contributed by atoms with E-state index in [1.807, 2.05) is 0 Å². The average molecular weight is 296 g/mol. The van der Waals surface area contributed by atoms with Crippen LogP contribution in [0.3, 0.4) is 0 Å². The third-order valence-electron chi connectivity index (χ3n) is 3.68. The van der Waals surface area contributed by atoms with Gasteiger partial charge < -0.3 is 9.47 Å². The first-order chi connectivity index (χ1) is 10.6. The van der Waals surface area contributed by atoms with Gasteiger partial charge in [0.25, 0.3) is 0 Å². The summed E-state index contributed by atoms with van der Waals surface area (Å²) in [5.41, 5.74) is 2.15. The molecule has 0 heterocycles. The van der Waals surface area contributed by atoms with Crippen molar-refractivity contribution in [2.75, 3.05) is 14.2 Å². The minimum Gasteiger partial charge on any atom is -0.465 e. The second-order valence-corrected chi connectivity index (χ2v) is 4.77. The number of carbonyl (C=O) groups is 3. The summed E-state index contributed by atoms with van der Waals surface area (Å²) in [6, 6.07) is 9.91. The molecule has 3 rings (SSSR count). The van der Waals surface area contributed by atoms with Crippen LogP contribution in [-0.2, 0) is 9.47 Å². The Balaban J connectivity index is 2.29.